The lowest BCUT2D eigenvalue weighted by molar-refractivity contribution is -0.119. The van der Waals surface area contributed by atoms with E-state index in [1.807, 2.05) is 32.0 Å². The second kappa shape index (κ2) is 8.89. The summed E-state index contributed by atoms with van der Waals surface area (Å²) in [5, 5.41) is 15.5. The summed E-state index contributed by atoms with van der Waals surface area (Å²) in [5.74, 6) is -0.202. The van der Waals surface area contributed by atoms with Crippen molar-refractivity contribution in [2.75, 3.05) is 23.7 Å². The summed E-state index contributed by atoms with van der Waals surface area (Å²) >= 11 is 0. The van der Waals surface area contributed by atoms with Crippen molar-refractivity contribution in [2.24, 2.45) is 0 Å². The number of para-hydroxylation sites is 2. The van der Waals surface area contributed by atoms with Crippen LogP contribution in [0.5, 0.6) is 5.75 Å². The standard InChI is InChI=1S/C22H27N3O3/c1-15-7-8-16(2)19(13-15)24-22(28)14-25(17-9-10-17)12-11-21(27)23-18-5-3-4-6-20(18)26/h3-8,13,17,26H,9-12,14H2,1-2H3,(H,23,27)(H,24,28). The molecule has 2 aromatic carbocycles. The lowest BCUT2D eigenvalue weighted by Crippen LogP contribution is -2.37. The molecule has 0 unspecified atom stereocenters. The first-order valence-electron chi connectivity index (χ1n) is 9.61. The van der Waals surface area contributed by atoms with Crippen molar-refractivity contribution >= 4 is 23.2 Å². The van der Waals surface area contributed by atoms with Gasteiger partial charge in [-0.1, -0.05) is 24.3 Å². The van der Waals surface area contributed by atoms with E-state index in [2.05, 4.69) is 15.5 Å². The van der Waals surface area contributed by atoms with Gasteiger partial charge in [0.2, 0.25) is 11.8 Å². The minimum atomic E-state index is -0.179. The van der Waals surface area contributed by atoms with Crippen LogP contribution in [-0.2, 0) is 9.59 Å². The molecule has 1 saturated carbocycles. The average Bonchev–Trinajstić information content (AvgIpc) is 3.49. The Morgan fingerprint density at radius 2 is 1.75 bits per heavy atom. The molecule has 0 radical (unpaired) electrons. The van der Waals surface area contributed by atoms with E-state index in [0.717, 1.165) is 29.7 Å². The lowest BCUT2D eigenvalue weighted by Gasteiger charge is -2.21. The number of hydrogen-bond acceptors (Lipinski definition) is 4. The van der Waals surface area contributed by atoms with Crippen LogP contribution in [0.25, 0.3) is 0 Å². The number of carbonyl (C=O) groups excluding carboxylic acids is 2. The third kappa shape index (κ3) is 5.57. The molecule has 0 bridgehead atoms. The third-order valence-electron chi connectivity index (χ3n) is 4.88. The second-order valence-electron chi connectivity index (χ2n) is 7.38. The van der Waals surface area contributed by atoms with Gasteiger partial charge in [0.15, 0.2) is 0 Å². The van der Waals surface area contributed by atoms with Crippen molar-refractivity contribution in [1.29, 1.82) is 0 Å². The molecule has 1 aliphatic carbocycles. The Hall–Kier alpha value is -2.86. The molecule has 28 heavy (non-hydrogen) atoms. The monoisotopic (exact) mass is 381 g/mol. The molecule has 0 aliphatic heterocycles. The predicted octanol–water partition coefficient (Wildman–Crippen LogP) is 3.44. The predicted molar refractivity (Wildman–Crippen MR) is 110 cm³/mol. The average molecular weight is 381 g/mol. The van der Waals surface area contributed by atoms with Gasteiger partial charge in [-0.2, -0.15) is 0 Å². The molecule has 1 aliphatic rings. The minimum Gasteiger partial charge on any atom is -0.506 e. The maximum absolute atomic E-state index is 12.5. The summed E-state index contributed by atoms with van der Waals surface area (Å²) < 4.78 is 0. The highest BCUT2D eigenvalue weighted by molar-refractivity contribution is 5.94. The molecule has 0 spiro atoms. The molecule has 2 aromatic rings. The van der Waals surface area contributed by atoms with E-state index in [1.54, 1.807) is 18.2 Å². The highest BCUT2D eigenvalue weighted by Crippen LogP contribution is 2.27. The smallest absolute Gasteiger partial charge is 0.238 e. The van der Waals surface area contributed by atoms with Gasteiger partial charge in [-0.05, 0) is 56.0 Å². The summed E-state index contributed by atoms with van der Waals surface area (Å²) in [6.45, 7) is 4.73. The Labute approximate surface area is 165 Å². The molecule has 0 atom stereocenters. The highest BCUT2D eigenvalue weighted by Gasteiger charge is 2.30. The maximum atomic E-state index is 12.5. The van der Waals surface area contributed by atoms with Crippen molar-refractivity contribution in [3.05, 3.63) is 53.6 Å². The second-order valence-corrected chi connectivity index (χ2v) is 7.38. The van der Waals surface area contributed by atoms with E-state index in [-0.39, 0.29) is 30.5 Å². The van der Waals surface area contributed by atoms with Crippen LogP contribution in [0.3, 0.4) is 0 Å². The molecular weight excluding hydrogens is 354 g/mol. The fourth-order valence-corrected chi connectivity index (χ4v) is 3.11. The SMILES string of the molecule is Cc1ccc(C)c(NC(=O)CN(CCC(=O)Nc2ccccc2O)C2CC2)c1. The molecule has 1 fully saturated rings. The van der Waals surface area contributed by atoms with E-state index in [0.29, 0.717) is 18.3 Å². The number of amides is 2. The molecule has 3 rings (SSSR count). The van der Waals surface area contributed by atoms with E-state index < -0.39 is 0 Å². The van der Waals surface area contributed by atoms with Crippen molar-refractivity contribution in [1.82, 2.24) is 4.90 Å². The topological polar surface area (TPSA) is 81.7 Å². The number of rotatable bonds is 8. The van der Waals surface area contributed by atoms with Crippen LogP contribution >= 0.6 is 0 Å². The van der Waals surface area contributed by atoms with Gasteiger partial charge in [-0.15, -0.1) is 0 Å². The Morgan fingerprint density at radius 1 is 1.04 bits per heavy atom. The fourth-order valence-electron chi connectivity index (χ4n) is 3.11. The van der Waals surface area contributed by atoms with Crippen molar-refractivity contribution < 1.29 is 14.7 Å². The van der Waals surface area contributed by atoms with Crippen molar-refractivity contribution in [2.45, 2.75) is 39.2 Å². The van der Waals surface area contributed by atoms with Crippen LogP contribution in [-0.4, -0.2) is 41.0 Å². The first-order valence-corrected chi connectivity index (χ1v) is 9.61. The summed E-state index contributed by atoms with van der Waals surface area (Å²) in [6, 6.07) is 13.0. The molecule has 6 nitrogen and oxygen atoms in total. The number of aryl methyl sites for hydroxylation is 2. The van der Waals surface area contributed by atoms with Crippen LogP contribution < -0.4 is 10.6 Å². The van der Waals surface area contributed by atoms with Crippen LogP contribution in [0.4, 0.5) is 11.4 Å². The van der Waals surface area contributed by atoms with Gasteiger partial charge in [0, 0.05) is 24.7 Å². The fraction of sp³-hybridized carbons (Fsp3) is 0.364. The Balaban J connectivity index is 1.52. The number of hydrogen-bond donors (Lipinski definition) is 3. The Bertz CT molecular complexity index is 862. The number of nitrogens with zero attached hydrogens (tertiary/aromatic N) is 1. The van der Waals surface area contributed by atoms with Gasteiger partial charge >= 0.3 is 0 Å². The van der Waals surface area contributed by atoms with Gasteiger partial charge in [0.05, 0.1) is 12.2 Å². The molecule has 0 saturated heterocycles. The Morgan fingerprint density at radius 3 is 2.46 bits per heavy atom. The first kappa shape index (κ1) is 19.9. The summed E-state index contributed by atoms with van der Waals surface area (Å²) in [7, 11) is 0. The Kier molecular flexibility index (Phi) is 6.31. The van der Waals surface area contributed by atoms with Crippen LogP contribution in [0.2, 0.25) is 0 Å². The minimum absolute atomic E-state index is 0.0443. The highest BCUT2D eigenvalue weighted by atomic mass is 16.3. The molecule has 0 aromatic heterocycles. The van der Waals surface area contributed by atoms with Gasteiger partial charge in [0.25, 0.3) is 0 Å². The zero-order valence-corrected chi connectivity index (χ0v) is 16.4. The van der Waals surface area contributed by atoms with Crippen LogP contribution in [0.1, 0.15) is 30.4 Å². The van der Waals surface area contributed by atoms with Gasteiger partial charge in [-0.3, -0.25) is 14.5 Å². The maximum Gasteiger partial charge on any atom is 0.238 e. The summed E-state index contributed by atoms with van der Waals surface area (Å²) in [6.07, 6.45) is 2.37. The normalized spacial score (nSPS) is 13.4. The van der Waals surface area contributed by atoms with Crippen LogP contribution in [0.15, 0.2) is 42.5 Å². The summed E-state index contributed by atoms with van der Waals surface area (Å²) in [5.41, 5.74) is 3.36. The van der Waals surface area contributed by atoms with E-state index >= 15 is 0 Å². The number of aromatic hydroxyl groups is 1. The molecule has 2 amide bonds. The molecule has 148 valence electrons. The number of carbonyl (C=O) groups is 2. The van der Waals surface area contributed by atoms with E-state index in [4.69, 9.17) is 0 Å². The first-order chi connectivity index (χ1) is 13.4. The molecule has 6 heteroatoms. The number of phenols is 1. The molecule has 0 heterocycles. The van der Waals surface area contributed by atoms with Gasteiger partial charge < -0.3 is 15.7 Å². The zero-order chi connectivity index (χ0) is 20.1. The number of anilines is 2. The number of benzene rings is 2. The van der Waals surface area contributed by atoms with Gasteiger partial charge in [0.1, 0.15) is 5.75 Å². The molecular formula is C22H27N3O3. The van der Waals surface area contributed by atoms with Gasteiger partial charge in [-0.25, -0.2) is 0 Å². The third-order valence-corrected chi connectivity index (χ3v) is 4.88. The lowest BCUT2D eigenvalue weighted by atomic mass is 10.1. The number of nitrogens with one attached hydrogen (secondary N) is 2. The largest absolute Gasteiger partial charge is 0.506 e. The molecule has 3 N–H and O–H groups in total. The summed E-state index contributed by atoms with van der Waals surface area (Å²) in [4.78, 5) is 26.8. The van der Waals surface area contributed by atoms with Crippen molar-refractivity contribution in [3.63, 3.8) is 0 Å². The number of phenolic OH excluding ortho intramolecular Hbond substituents is 1. The zero-order valence-electron chi connectivity index (χ0n) is 16.4. The van der Waals surface area contributed by atoms with E-state index in [9.17, 15) is 14.7 Å². The quantitative estimate of drug-likeness (QED) is 0.612. The van der Waals surface area contributed by atoms with Crippen LogP contribution in [0, 0.1) is 13.8 Å². The van der Waals surface area contributed by atoms with Crippen molar-refractivity contribution in [3.8, 4) is 5.75 Å². The van der Waals surface area contributed by atoms with E-state index in [1.165, 1.54) is 6.07 Å².